The Labute approximate surface area is 99.6 Å². The molecule has 0 heterocycles. The molecule has 14 heavy (non-hydrogen) atoms. The molecule has 0 aromatic heterocycles. The molecule has 0 N–H and O–H groups in total. The van der Waals surface area contributed by atoms with Crippen LogP contribution in [0, 0.1) is 0 Å². The molecule has 2 heteroatoms. The summed E-state index contributed by atoms with van der Waals surface area (Å²) in [5.41, 5.74) is 0. The number of halogens is 1. The SMILES string of the molecule is CCCCC(C)Sc1ccc(Br)cc1. The van der Waals surface area contributed by atoms with Gasteiger partial charge < -0.3 is 0 Å². The summed E-state index contributed by atoms with van der Waals surface area (Å²) in [5, 5.41) is 0.733. The Balaban J connectivity index is 2.39. The lowest BCUT2D eigenvalue weighted by atomic mass is 10.2. The molecule has 1 aromatic carbocycles. The molecule has 0 saturated carbocycles. The summed E-state index contributed by atoms with van der Waals surface area (Å²) < 4.78 is 1.16. The highest BCUT2D eigenvalue weighted by Gasteiger charge is 2.03. The van der Waals surface area contributed by atoms with Crippen molar-refractivity contribution in [3.05, 3.63) is 28.7 Å². The summed E-state index contributed by atoms with van der Waals surface area (Å²) in [5.74, 6) is 0. The van der Waals surface area contributed by atoms with Crippen LogP contribution in [0.25, 0.3) is 0 Å². The molecule has 0 amide bonds. The van der Waals surface area contributed by atoms with E-state index in [1.807, 2.05) is 11.8 Å². The highest BCUT2D eigenvalue weighted by Crippen LogP contribution is 2.27. The van der Waals surface area contributed by atoms with Crippen LogP contribution in [-0.4, -0.2) is 5.25 Å². The van der Waals surface area contributed by atoms with Gasteiger partial charge in [0, 0.05) is 14.6 Å². The van der Waals surface area contributed by atoms with Crippen molar-refractivity contribution in [3.8, 4) is 0 Å². The van der Waals surface area contributed by atoms with Gasteiger partial charge in [-0.1, -0.05) is 42.6 Å². The molecule has 0 fully saturated rings. The predicted octanol–water partition coefficient (Wildman–Crippen LogP) is 5.12. The zero-order valence-electron chi connectivity index (χ0n) is 8.79. The van der Waals surface area contributed by atoms with Gasteiger partial charge >= 0.3 is 0 Å². The molecule has 1 atom stereocenters. The summed E-state index contributed by atoms with van der Waals surface area (Å²) >= 11 is 5.42. The molecule has 0 saturated heterocycles. The van der Waals surface area contributed by atoms with Crippen LogP contribution in [-0.2, 0) is 0 Å². The molecule has 1 aromatic rings. The van der Waals surface area contributed by atoms with Crippen LogP contribution in [0.15, 0.2) is 33.6 Å². The lowest BCUT2D eigenvalue weighted by molar-refractivity contribution is 0.713. The molecule has 0 aliphatic heterocycles. The first kappa shape index (κ1) is 12.1. The summed E-state index contributed by atoms with van der Waals surface area (Å²) in [4.78, 5) is 1.37. The van der Waals surface area contributed by atoms with Gasteiger partial charge in [0.2, 0.25) is 0 Å². The number of hydrogen-bond acceptors (Lipinski definition) is 1. The minimum absolute atomic E-state index is 0.733. The number of hydrogen-bond donors (Lipinski definition) is 0. The molecule has 1 unspecified atom stereocenters. The topological polar surface area (TPSA) is 0 Å². The van der Waals surface area contributed by atoms with Gasteiger partial charge in [0.25, 0.3) is 0 Å². The highest BCUT2D eigenvalue weighted by atomic mass is 79.9. The first-order chi connectivity index (χ1) is 6.72. The number of thioether (sulfide) groups is 1. The Morgan fingerprint density at radius 1 is 1.29 bits per heavy atom. The molecule has 0 radical (unpaired) electrons. The van der Waals surface area contributed by atoms with Crippen molar-refractivity contribution in [2.24, 2.45) is 0 Å². The maximum Gasteiger partial charge on any atom is 0.0176 e. The van der Waals surface area contributed by atoms with Crippen molar-refractivity contribution in [2.45, 2.75) is 43.3 Å². The van der Waals surface area contributed by atoms with E-state index in [1.165, 1.54) is 24.2 Å². The van der Waals surface area contributed by atoms with Gasteiger partial charge in [-0.25, -0.2) is 0 Å². The minimum Gasteiger partial charge on any atom is -0.123 e. The van der Waals surface area contributed by atoms with E-state index in [0.717, 1.165) is 9.72 Å². The van der Waals surface area contributed by atoms with Crippen molar-refractivity contribution in [1.29, 1.82) is 0 Å². The van der Waals surface area contributed by atoms with Crippen LogP contribution in [0.3, 0.4) is 0 Å². The standard InChI is InChI=1S/C12H17BrS/c1-3-4-5-10(2)14-12-8-6-11(13)7-9-12/h6-10H,3-5H2,1-2H3. The number of rotatable bonds is 5. The molecule has 0 spiro atoms. The first-order valence-electron chi connectivity index (χ1n) is 5.14. The van der Waals surface area contributed by atoms with Gasteiger partial charge in [-0.2, -0.15) is 0 Å². The largest absolute Gasteiger partial charge is 0.123 e. The third-order valence-corrected chi connectivity index (χ3v) is 3.83. The second-order valence-corrected chi connectivity index (χ2v) is 5.95. The van der Waals surface area contributed by atoms with Crippen molar-refractivity contribution in [2.75, 3.05) is 0 Å². The van der Waals surface area contributed by atoms with E-state index in [2.05, 4.69) is 54.0 Å². The van der Waals surface area contributed by atoms with Gasteiger partial charge in [-0.15, -0.1) is 11.8 Å². The second-order valence-electron chi connectivity index (χ2n) is 3.52. The van der Waals surface area contributed by atoms with E-state index >= 15 is 0 Å². The smallest absolute Gasteiger partial charge is 0.0176 e. The molecule has 0 aliphatic carbocycles. The van der Waals surface area contributed by atoms with E-state index < -0.39 is 0 Å². The minimum atomic E-state index is 0.733. The van der Waals surface area contributed by atoms with Gasteiger partial charge in [0.15, 0.2) is 0 Å². The van der Waals surface area contributed by atoms with Crippen LogP contribution in [0.1, 0.15) is 33.1 Å². The Hall–Kier alpha value is 0.0500. The number of benzene rings is 1. The summed E-state index contributed by atoms with van der Waals surface area (Å²) in [6, 6.07) is 8.57. The number of unbranched alkanes of at least 4 members (excludes halogenated alkanes) is 1. The maximum absolute atomic E-state index is 3.44. The summed E-state index contributed by atoms with van der Waals surface area (Å²) in [6.07, 6.45) is 3.95. The van der Waals surface area contributed by atoms with Crippen molar-refractivity contribution in [1.82, 2.24) is 0 Å². The lowest BCUT2D eigenvalue weighted by Gasteiger charge is -2.10. The fourth-order valence-corrected chi connectivity index (χ4v) is 2.60. The van der Waals surface area contributed by atoms with E-state index in [4.69, 9.17) is 0 Å². The molecule has 78 valence electrons. The monoisotopic (exact) mass is 272 g/mol. The molecule has 0 aliphatic rings. The highest BCUT2D eigenvalue weighted by molar-refractivity contribution is 9.10. The third kappa shape index (κ3) is 4.52. The van der Waals surface area contributed by atoms with Gasteiger partial charge in [-0.05, 0) is 30.7 Å². The third-order valence-electron chi connectivity index (χ3n) is 2.12. The predicted molar refractivity (Wildman–Crippen MR) is 69.0 cm³/mol. The van der Waals surface area contributed by atoms with Crippen molar-refractivity contribution in [3.63, 3.8) is 0 Å². The van der Waals surface area contributed by atoms with E-state index in [1.54, 1.807) is 0 Å². The zero-order chi connectivity index (χ0) is 10.4. The molecular formula is C12H17BrS. The average Bonchev–Trinajstić information content (AvgIpc) is 2.18. The molecule has 0 bridgehead atoms. The van der Waals surface area contributed by atoms with Gasteiger partial charge in [0.1, 0.15) is 0 Å². The van der Waals surface area contributed by atoms with E-state index in [9.17, 15) is 0 Å². The van der Waals surface area contributed by atoms with Gasteiger partial charge in [0.05, 0.1) is 0 Å². The second kappa shape index (κ2) is 6.52. The van der Waals surface area contributed by atoms with Crippen LogP contribution in [0.4, 0.5) is 0 Å². The normalized spacial score (nSPS) is 12.8. The van der Waals surface area contributed by atoms with Gasteiger partial charge in [-0.3, -0.25) is 0 Å². The fraction of sp³-hybridized carbons (Fsp3) is 0.500. The Bertz CT molecular complexity index is 256. The van der Waals surface area contributed by atoms with Crippen LogP contribution < -0.4 is 0 Å². The van der Waals surface area contributed by atoms with E-state index in [-0.39, 0.29) is 0 Å². The van der Waals surface area contributed by atoms with Crippen LogP contribution >= 0.6 is 27.7 Å². The molecular weight excluding hydrogens is 256 g/mol. The summed E-state index contributed by atoms with van der Waals surface area (Å²) in [7, 11) is 0. The fourth-order valence-electron chi connectivity index (χ4n) is 1.30. The zero-order valence-corrected chi connectivity index (χ0v) is 11.2. The first-order valence-corrected chi connectivity index (χ1v) is 6.82. The van der Waals surface area contributed by atoms with Crippen LogP contribution in [0.2, 0.25) is 0 Å². The van der Waals surface area contributed by atoms with Crippen molar-refractivity contribution >= 4 is 27.7 Å². The van der Waals surface area contributed by atoms with E-state index in [0.29, 0.717) is 0 Å². The van der Waals surface area contributed by atoms with Crippen LogP contribution in [0.5, 0.6) is 0 Å². The molecule has 0 nitrogen and oxygen atoms in total. The quantitative estimate of drug-likeness (QED) is 0.671. The average molecular weight is 273 g/mol. The Morgan fingerprint density at radius 2 is 1.93 bits per heavy atom. The summed E-state index contributed by atoms with van der Waals surface area (Å²) in [6.45, 7) is 4.55. The maximum atomic E-state index is 3.44. The van der Waals surface area contributed by atoms with Crippen molar-refractivity contribution < 1.29 is 0 Å². The molecule has 1 rings (SSSR count). The Morgan fingerprint density at radius 3 is 2.50 bits per heavy atom. The lowest BCUT2D eigenvalue weighted by Crippen LogP contribution is -1.94. The Kier molecular flexibility index (Phi) is 5.64.